The second-order valence-corrected chi connectivity index (χ2v) is 10.1. The van der Waals surface area contributed by atoms with Crippen LogP contribution in [-0.4, -0.2) is 20.3 Å². The van der Waals surface area contributed by atoms with Crippen LogP contribution in [0.15, 0.2) is 54.6 Å². The van der Waals surface area contributed by atoms with E-state index in [0.29, 0.717) is 42.2 Å². The number of aryl methyl sites for hydroxylation is 1. The summed E-state index contributed by atoms with van der Waals surface area (Å²) in [6, 6.07) is 15.7. The van der Waals surface area contributed by atoms with E-state index >= 15 is 0 Å². The molecular formula is C32H37F3O2. The van der Waals surface area contributed by atoms with E-state index in [9.17, 15) is 13.2 Å². The first-order chi connectivity index (χ1) is 18.0. The van der Waals surface area contributed by atoms with E-state index in [0.717, 1.165) is 49.7 Å². The monoisotopic (exact) mass is 510 g/mol. The van der Waals surface area contributed by atoms with E-state index in [2.05, 4.69) is 6.92 Å². The molecule has 198 valence electrons. The zero-order valence-corrected chi connectivity index (χ0v) is 21.9. The highest BCUT2D eigenvalue weighted by Gasteiger charge is 2.25. The van der Waals surface area contributed by atoms with Crippen LogP contribution in [0.2, 0.25) is 0 Å². The lowest BCUT2D eigenvalue weighted by atomic mass is 9.93. The molecule has 0 aromatic heterocycles. The number of ether oxygens (including phenoxy) is 2. The lowest BCUT2D eigenvalue weighted by Gasteiger charge is -2.29. The van der Waals surface area contributed by atoms with Gasteiger partial charge in [0, 0.05) is 24.2 Å². The molecule has 1 saturated heterocycles. The van der Waals surface area contributed by atoms with Gasteiger partial charge in [-0.15, -0.1) is 0 Å². The third-order valence-corrected chi connectivity index (χ3v) is 7.36. The summed E-state index contributed by atoms with van der Waals surface area (Å²) in [5, 5.41) is 0. The van der Waals surface area contributed by atoms with Crippen molar-refractivity contribution in [1.29, 1.82) is 0 Å². The van der Waals surface area contributed by atoms with Crippen molar-refractivity contribution in [1.82, 2.24) is 0 Å². The van der Waals surface area contributed by atoms with Crippen LogP contribution in [0.25, 0.3) is 22.3 Å². The Hall–Kier alpha value is -2.63. The van der Waals surface area contributed by atoms with Gasteiger partial charge in [0.05, 0.1) is 19.3 Å². The van der Waals surface area contributed by atoms with Crippen molar-refractivity contribution >= 4 is 0 Å². The minimum Gasteiger partial charge on any atom is -0.384 e. The number of hydrogen-bond donors (Lipinski definition) is 0. The molecule has 2 unspecified atom stereocenters. The predicted molar refractivity (Wildman–Crippen MR) is 143 cm³/mol. The van der Waals surface area contributed by atoms with Gasteiger partial charge in [-0.05, 0) is 54.0 Å². The number of hydrogen-bond acceptors (Lipinski definition) is 2. The fourth-order valence-corrected chi connectivity index (χ4v) is 5.15. The molecule has 0 N–H and O–H groups in total. The molecule has 4 rings (SSSR count). The molecule has 2 nitrogen and oxygen atoms in total. The Morgan fingerprint density at radius 2 is 1.54 bits per heavy atom. The molecule has 5 heteroatoms. The molecule has 0 radical (unpaired) electrons. The van der Waals surface area contributed by atoms with Crippen LogP contribution in [0.5, 0.6) is 0 Å². The second-order valence-electron chi connectivity index (χ2n) is 10.1. The van der Waals surface area contributed by atoms with E-state index in [1.165, 1.54) is 12.5 Å². The first-order valence-electron chi connectivity index (χ1n) is 13.5. The molecule has 0 amide bonds. The van der Waals surface area contributed by atoms with E-state index in [1.54, 1.807) is 37.4 Å². The molecule has 3 aromatic rings. The zero-order valence-electron chi connectivity index (χ0n) is 21.9. The predicted octanol–water partition coefficient (Wildman–Crippen LogP) is 9.06. The maximum absolute atomic E-state index is 15.0. The average Bonchev–Trinajstić information content (AvgIpc) is 2.92. The highest BCUT2D eigenvalue weighted by atomic mass is 19.2. The number of methoxy groups -OCH3 is 1. The van der Waals surface area contributed by atoms with Gasteiger partial charge < -0.3 is 9.47 Å². The van der Waals surface area contributed by atoms with Crippen LogP contribution in [0, 0.1) is 23.4 Å². The lowest BCUT2D eigenvalue weighted by molar-refractivity contribution is -0.0385. The van der Waals surface area contributed by atoms with E-state index in [4.69, 9.17) is 9.47 Å². The van der Waals surface area contributed by atoms with Gasteiger partial charge in [0.1, 0.15) is 5.82 Å². The molecule has 0 saturated carbocycles. The summed E-state index contributed by atoms with van der Waals surface area (Å²) in [4.78, 5) is 0. The van der Waals surface area contributed by atoms with Crippen molar-refractivity contribution in [3.63, 3.8) is 0 Å². The van der Waals surface area contributed by atoms with Gasteiger partial charge >= 0.3 is 0 Å². The van der Waals surface area contributed by atoms with E-state index < -0.39 is 11.6 Å². The highest BCUT2D eigenvalue weighted by Crippen LogP contribution is 2.35. The maximum atomic E-state index is 15.0. The third-order valence-electron chi connectivity index (χ3n) is 7.36. The Labute approximate surface area is 218 Å². The molecule has 1 heterocycles. The molecule has 1 fully saturated rings. The standard InChI is InChI=1S/C32H37F3O2/c1-3-4-5-6-7-8-25-14-16-27(32(35)31(25)34)24-12-10-23(11-13-24)26-15-17-28(29(33)19-26)30-18-9-22(20-36-2)21-37-30/h10-17,19,22,30H,3-9,18,20-21H2,1-2H3. The van der Waals surface area contributed by atoms with Crippen LogP contribution in [0.4, 0.5) is 13.2 Å². The van der Waals surface area contributed by atoms with Crippen molar-refractivity contribution < 1.29 is 22.6 Å². The van der Waals surface area contributed by atoms with Crippen LogP contribution in [0.3, 0.4) is 0 Å². The molecule has 0 aliphatic carbocycles. The second kappa shape index (κ2) is 13.3. The number of halogens is 3. The van der Waals surface area contributed by atoms with E-state index in [-0.39, 0.29) is 17.5 Å². The maximum Gasteiger partial charge on any atom is 0.166 e. The summed E-state index contributed by atoms with van der Waals surface area (Å²) in [7, 11) is 1.68. The fourth-order valence-electron chi connectivity index (χ4n) is 5.15. The summed E-state index contributed by atoms with van der Waals surface area (Å²) >= 11 is 0. The van der Waals surface area contributed by atoms with Crippen molar-refractivity contribution in [3.8, 4) is 22.3 Å². The SMILES string of the molecule is CCCCCCCc1ccc(-c2ccc(-c3ccc(C4CCC(COC)CO4)c(F)c3)cc2)c(F)c1F. The Morgan fingerprint density at radius 3 is 2.22 bits per heavy atom. The molecule has 2 atom stereocenters. The van der Waals surface area contributed by atoms with Gasteiger partial charge in [-0.1, -0.05) is 81.1 Å². The summed E-state index contributed by atoms with van der Waals surface area (Å²) in [5.74, 6) is -1.51. The van der Waals surface area contributed by atoms with Gasteiger partial charge in [0.15, 0.2) is 11.6 Å². The van der Waals surface area contributed by atoms with E-state index in [1.807, 2.05) is 18.2 Å². The van der Waals surface area contributed by atoms with Crippen molar-refractivity contribution in [2.24, 2.45) is 5.92 Å². The van der Waals surface area contributed by atoms with Crippen LogP contribution in [0.1, 0.15) is 69.1 Å². The Morgan fingerprint density at radius 1 is 0.811 bits per heavy atom. The summed E-state index contributed by atoms with van der Waals surface area (Å²) in [6.07, 6.45) is 7.35. The lowest BCUT2D eigenvalue weighted by Crippen LogP contribution is -2.24. The molecule has 0 spiro atoms. The fraction of sp³-hybridized carbons (Fsp3) is 0.438. The van der Waals surface area contributed by atoms with Crippen molar-refractivity contribution in [2.45, 2.75) is 64.4 Å². The van der Waals surface area contributed by atoms with Gasteiger partial charge in [0.25, 0.3) is 0 Å². The van der Waals surface area contributed by atoms with Gasteiger partial charge in [-0.25, -0.2) is 13.2 Å². The first-order valence-corrected chi connectivity index (χ1v) is 13.5. The summed E-state index contributed by atoms with van der Waals surface area (Å²) in [6.45, 7) is 3.38. The molecular weight excluding hydrogens is 473 g/mol. The Bertz CT molecular complexity index is 1150. The van der Waals surface area contributed by atoms with Gasteiger partial charge in [-0.3, -0.25) is 0 Å². The summed E-state index contributed by atoms with van der Waals surface area (Å²) < 4.78 is 55.7. The van der Waals surface area contributed by atoms with Crippen LogP contribution < -0.4 is 0 Å². The highest BCUT2D eigenvalue weighted by molar-refractivity contribution is 5.71. The van der Waals surface area contributed by atoms with Gasteiger partial charge in [0.2, 0.25) is 0 Å². The van der Waals surface area contributed by atoms with Crippen LogP contribution >= 0.6 is 0 Å². The topological polar surface area (TPSA) is 18.5 Å². The Balaban J connectivity index is 1.43. The largest absolute Gasteiger partial charge is 0.384 e. The minimum absolute atomic E-state index is 0.238. The smallest absolute Gasteiger partial charge is 0.166 e. The van der Waals surface area contributed by atoms with Gasteiger partial charge in [-0.2, -0.15) is 0 Å². The average molecular weight is 511 g/mol. The molecule has 37 heavy (non-hydrogen) atoms. The minimum atomic E-state index is -0.811. The number of unbranched alkanes of at least 4 members (excludes halogenated alkanes) is 4. The Kier molecular flexibility index (Phi) is 9.81. The quantitative estimate of drug-likeness (QED) is 0.240. The number of benzene rings is 3. The van der Waals surface area contributed by atoms with Crippen molar-refractivity contribution in [2.75, 3.05) is 20.3 Å². The molecule has 0 bridgehead atoms. The molecule has 1 aliphatic rings. The number of rotatable bonds is 11. The third kappa shape index (κ3) is 6.82. The first kappa shape index (κ1) is 27.4. The molecule has 1 aliphatic heterocycles. The molecule has 3 aromatic carbocycles. The summed E-state index contributed by atoms with van der Waals surface area (Å²) in [5.41, 5.74) is 3.37. The normalized spacial score (nSPS) is 17.8. The zero-order chi connectivity index (χ0) is 26.2. The van der Waals surface area contributed by atoms with Crippen molar-refractivity contribution in [3.05, 3.63) is 83.2 Å². The van der Waals surface area contributed by atoms with Crippen LogP contribution in [-0.2, 0) is 15.9 Å².